The molecule has 0 aromatic heterocycles. The molecule has 6 atom stereocenters. The van der Waals surface area contributed by atoms with Crippen LogP contribution in [0.1, 0.15) is 415 Å². The van der Waals surface area contributed by atoms with Gasteiger partial charge in [-0.05, 0) is 135 Å². The zero-order valence-corrected chi connectivity index (χ0v) is 82.6. The second-order valence-electron chi connectivity index (χ2n) is 35.3. The summed E-state index contributed by atoms with van der Waals surface area (Å²) in [6.07, 6.45) is 59.6. The summed E-state index contributed by atoms with van der Waals surface area (Å²) in [6.45, 7) is 15.5. The van der Waals surface area contributed by atoms with Crippen LogP contribution in [0.25, 0.3) is 0 Å². The summed E-state index contributed by atoms with van der Waals surface area (Å²) in [5.74, 6) is -3.85. The summed E-state index contributed by atoms with van der Waals surface area (Å²) in [5, 5.41) is 13.6. The number of ether oxygens (including phenoxy) is 6. The maximum Gasteiger partial charge on any atom is 0.407 e. The van der Waals surface area contributed by atoms with Gasteiger partial charge in [0.05, 0.1) is 71.5 Å². The number of esters is 2. The van der Waals surface area contributed by atoms with Crippen LogP contribution in [-0.4, -0.2) is 151 Å². The first-order valence-corrected chi connectivity index (χ1v) is 53.2. The Hall–Kier alpha value is -5.27. The van der Waals surface area contributed by atoms with Gasteiger partial charge in [-0.15, -0.1) is 0 Å². The number of hydrogen-bond donors (Lipinski definition) is 5. The molecule has 26 nitrogen and oxygen atoms in total. The highest BCUT2D eigenvalue weighted by Crippen LogP contribution is 2.39. The quantitative estimate of drug-likeness (QED) is 0.0101. The van der Waals surface area contributed by atoms with Crippen molar-refractivity contribution in [3.63, 3.8) is 0 Å². The van der Waals surface area contributed by atoms with Gasteiger partial charge in [0.25, 0.3) is 15.6 Å². The average molecular weight is 1840 g/mol. The van der Waals surface area contributed by atoms with Gasteiger partial charge in [-0.2, -0.15) is 0 Å². The number of nitrogens with one attached hydrogen (secondary N) is 5. The van der Waals surface area contributed by atoms with Crippen molar-refractivity contribution in [2.45, 2.75) is 445 Å². The monoisotopic (exact) mass is 1840 g/mol. The summed E-state index contributed by atoms with van der Waals surface area (Å²) < 4.78 is 83.6. The Kier molecular flexibility index (Phi) is 77.9. The summed E-state index contributed by atoms with van der Waals surface area (Å²) in [7, 11) is -10.3. The zero-order valence-electron chi connectivity index (χ0n) is 80.8. The first-order valence-electron chi connectivity index (χ1n) is 50.3. The number of alkyl carbamates (subject to hydrolysis) is 1. The lowest BCUT2D eigenvalue weighted by Crippen LogP contribution is -2.44. The highest BCUT2D eigenvalue weighted by atomic mass is 31.2. The number of benzene rings is 1. The van der Waals surface area contributed by atoms with Crippen LogP contribution in [0.3, 0.4) is 0 Å². The van der Waals surface area contributed by atoms with E-state index >= 15 is 0 Å². The molecule has 0 radical (unpaired) electrons. The van der Waals surface area contributed by atoms with Crippen LogP contribution >= 0.6 is 15.6 Å². The molecule has 127 heavy (non-hydrogen) atoms. The van der Waals surface area contributed by atoms with E-state index in [1.807, 2.05) is 0 Å². The SMILES string of the molecule is CCCCCC/C=C\CCCC(=O)OC(CCCCCCC)CCOCC(COP(=O)([O-])OCCNC(=O)C(Cc1ccc(OCCNC(=O)OC(C)(C)C)cc1)C(=O)NCCOP(=O)([O-])OCC(COCCC(CCCCCCC)OC(=O)CCC/C=C\CCCCCC)NC(=O)CCCCCCCCCCCCC)NC(=O)CCCCCCCCCCCCC. The van der Waals surface area contributed by atoms with Gasteiger partial charge in [0.1, 0.15) is 36.1 Å². The molecule has 0 bridgehead atoms. The molecule has 0 saturated heterocycles. The van der Waals surface area contributed by atoms with E-state index < -0.39 is 96.7 Å². The first kappa shape index (κ1) is 120. The second-order valence-corrected chi connectivity index (χ2v) is 38.1. The van der Waals surface area contributed by atoms with E-state index in [9.17, 15) is 52.5 Å². The van der Waals surface area contributed by atoms with Crippen molar-refractivity contribution >= 4 is 57.3 Å². The molecule has 738 valence electrons. The number of rotatable bonds is 90. The van der Waals surface area contributed by atoms with Gasteiger partial charge >= 0.3 is 18.0 Å². The van der Waals surface area contributed by atoms with E-state index in [-0.39, 0.29) is 94.8 Å². The predicted molar refractivity (Wildman–Crippen MR) is 505 cm³/mol. The number of phosphoric ester groups is 2. The van der Waals surface area contributed by atoms with E-state index in [4.69, 9.17) is 46.5 Å². The Balaban J connectivity index is 3.33. The number of unbranched alkanes of at least 4 members (excludes halogenated alkanes) is 38. The van der Waals surface area contributed by atoms with Crippen molar-refractivity contribution in [1.29, 1.82) is 0 Å². The van der Waals surface area contributed by atoms with Gasteiger partial charge in [-0.25, -0.2) is 4.79 Å². The summed E-state index contributed by atoms with van der Waals surface area (Å²) in [6, 6.07) is 4.66. The Morgan fingerprint density at radius 1 is 0.370 bits per heavy atom. The normalized spacial score (nSPS) is 13.9. The van der Waals surface area contributed by atoms with Crippen LogP contribution in [0, 0.1) is 5.92 Å². The number of phosphoric acid groups is 2. The van der Waals surface area contributed by atoms with Crippen LogP contribution < -0.4 is 41.1 Å². The fourth-order valence-corrected chi connectivity index (χ4v) is 15.9. The molecule has 0 heterocycles. The van der Waals surface area contributed by atoms with Gasteiger partial charge in [0, 0.05) is 51.6 Å². The lowest BCUT2D eigenvalue weighted by molar-refractivity contribution is -0.227. The van der Waals surface area contributed by atoms with Gasteiger partial charge in [-0.1, -0.05) is 296 Å². The van der Waals surface area contributed by atoms with E-state index in [0.717, 1.165) is 154 Å². The standard InChI is InChI=1S/C99H181N5O21P2/c1-10-16-22-28-32-36-38-42-44-50-56-62-92(105)103-86(81-116-75-70-89(60-54-48-26-20-14-5)123-94(107)64-58-52-46-40-34-30-24-18-12-3)83-121-126(112,113)119-78-73-100-96(109)91(80-85-66-68-88(69-67-85)118-77-72-102-98(111)125-99(7,8)9)97(110)101-74-79-120-127(114,115)122-84-87(104-93(106)63-57-51-45-43-39-37-33-29-23-17-11-2)82-117-76-71-90(61-55-49-27-21-15-6)124-95(108)65-59-53-47-41-35-31-25-19-13-4/h40-41,46-47,66-69,86-87,89-91H,10-39,42-45,48-65,70-84H2,1-9H3,(H,100,109)(H,101,110)(H,102,111)(H,103,105)(H,104,106)(H,112,113)(H,114,115)/p-2/b46-40-,47-41-. The maximum absolute atomic E-state index is 14.2. The number of hydrogen-bond acceptors (Lipinski definition) is 21. The first-order chi connectivity index (χ1) is 61.4. The van der Waals surface area contributed by atoms with E-state index in [1.165, 1.54) is 116 Å². The van der Waals surface area contributed by atoms with Crippen molar-refractivity contribution in [2.24, 2.45) is 5.92 Å². The molecule has 5 N–H and O–H groups in total. The summed E-state index contributed by atoms with van der Waals surface area (Å²) in [4.78, 5) is 121. The predicted octanol–water partition coefficient (Wildman–Crippen LogP) is 22.1. The third kappa shape index (κ3) is 76.9. The van der Waals surface area contributed by atoms with Crippen LogP contribution in [0.4, 0.5) is 4.79 Å². The molecule has 0 aliphatic rings. The third-order valence-corrected chi connectivity index (χ3v) is 23.8. The van der Waals surface area contributed by atoms with Crippen molar-refractivity contribution in [3.8, 4) is 5.75 Å². The summed E-state index contributed by atoms with van der Waals surface area (Å²) >= 11 is 0. The molecule has 0 saturated carbocycles. The van der Waals surface area contributed by atoms with Gasteiger partial charge in [0.2, 0.25) is 23.6 Å². The lowest BCUT2D eigenvalue weighted by atomic mass is 9.97. The number of carbonyl (C=O) groups excluding carboxylic acids is 7. The molecule has 5 amide bonds. The molecular weight excluding hydrogens is 1660 g/mol. The smallest absolute Gasteiger partial charge is 0.407 e. The Labute approximate surface area is 769 Å². The second kappa shape index (κ2) is 82.6. The summed E-state index contributed by atoms with van der Waals surface area (Å²) in [5.41, 5.74) is -0.190. The molecule has 0 aliphatic heterocycles. The fourth-order valence-electron chi connectivity index (χ4n) is 14.4. The van der Waals surface area contributed by atoms with Crippen molar-refractivity contribution < 1.29 is 99.0 Å². The molecule has 0 aliphatic carbocycles. The third-order valence-electron chi connectivity index (χ3n) is 21.9. The van der Waals surface area contributed by atoms with Crippen LogP contribution in [0.15, 0.2) is 48.6 Å². The highest BCUT2D eigenvalue weighted by Gasteiger charge is 2.29. The zero-order chi connectivity index (χ0) is 93.2. The number of amides is 5. The highest BCUT2D eigenvalue weighted by molar-refractivity contribution is 7.46. The fraction of sp³-hybridized carbons (Fsp3) is 0.828. The van der Waals surface area contributed by atoms with E-state index in [1.54, 1.807) is 45.0 Å². The van der Waals surface area contributed by atoms with Crippen molar-refractivity contribution in [2.75, 3.05) is 79.1 Å². The molecular formula is C99H179N5O21P2-2. The van der Waals surface area contributed by atoms with Crippen LogP contribution in [-0.2, 0) is 86.1 Å². The Morgan fingerprint density at radius 2 is 0.701 bits per heavy atom. The topological polar surface area (TPSA) is 352 Å². The molecule has 1 rings (SSSR count). The minimum atomic E-state index is -5.13. The number of allylic oxidation sites excluding steroid dienone is 4. The maximum atomic E-state index is 14.2. The minimum Gasteiger partial charge on any atom is -0.756 e. The minimum absolute atomic E-state index is 0.0905. The molecule has 0 fully saturated rings. The lowest BCUT2D eigenvalue weighted by Gasteiger charge is -2.27. The average Bonchev–Trinajstić information content (AvgIpc) is 0.856. The van der Waals surface area contributed by atoms with E-state index in [2.05, 4.69) is 92.4 Å². The van der Waals surface area contributed by atoms with E-state index in [0.29, 0.717) is 75.5 Å². The Bertz CT molecular complexity index is 2880. The molecule has 6 unspecified atom stereocenters. The molecule has 1 aromatic rings. The van der Waals surface area contributed by atoms with Gasteiger partial charge in [0.15, 0.2) is 0 Å². The van der Waals surface area contributed by atoms with Gasteiger partial charge in [-0.3, -0.25) is 37.9 Å². The van der Waals surface area contributed by atoms with Gasteiger partial charge < -0.3 is 82.9 Å². The molecule has 1 aromatic carbocycles. The largest absolute Gasteiger partial charge is 0.756 e. The van der Waals surface area contributed by atoms with Crippen LogP contribution in [0.5, 0.6) is 5.75 Å². The molecule has 28 heteroatoms. The molecule has 0 spiro atoms. The van der Waals surface area contributed by atoms with Crippen molar-refractivity contribution in [3.05, 3.63) is 54.1 Å². The van der Waals surface area contributed by atoms with Crippen LogP contribution in [0.2, 0.25) is 0 Å². The number of carbonyl (C=O) groups is 7. The van der Waals surface area contributed by atoms with Crippen molar-refractivity contribution in [1.82, 2.24) is 26.6 Å². The Morgan fingerprint density at radius 3 is 1.06 bits per heavy atom.